The second-order valence-electron chi connectivity index (χ2n) is 4.84. The Morgan fingerprint density at radius 1 is 1.46 bits per heavy atom. The third kappa shape index (κ3) is 5.62. The second-order valence-corrected chi connectivity index (χ2v) is 4.84. The molecule has 0 amide bonds. The van der Waals surface area contributed by atoms with Crippen LogP contribution in [0.15, 0.2) is 12.7 Å². The molecule has 76 valence electrons. The standard InChI is InChI=1S/C12H22O/c1-6-7-8-11(13)9-10(2)12(3,4)5/h6,10H,1,7-9H2,2-5H3. The number of ketones is 1. The molecule has 0 aromatic heterocycles. The lowest BCUT2D eigenvalue weighted by Crippen LogP contribution is -2.20. The Morgan fingerprint density at radius 2 is 2.00 bits per heavy atom. The van der Waals surface area contributed by atoms with E-state index >= 15 is 0 Å². The molecule has 0 heterocycles. The van der Waals surface area contributed by atoms with E-state index in [1.165, 1.54) is 0 Å². The first-order valence-corrected chi connectivity index (χ1v) is 5.00. The van der Waals surface area contributed by atoms with E-state index in [-0.39, 0.29) is 5.41 Å². The fourth-order valence-electron chi connectivity index (χ4n) is 1.01. The summed E-state index contributed by atoms with van der Waals surface area (Å²) in [4.78, 5) is 11.4. The van der Waals surface area contributed by atoms with Crippen LogP contribution < -0.4 is 0 Å². The van der Waals surface area contributed by atoms with Crippen LogP contribution in [0.25, 0.3) is 0 Å². The van der Waals surface area contributed by atoms with Crippen LogP contribution in [0.2, 0.25) is 0 Å². The second kappa shape index (κ2) is 5.21. The van der Waals surface area contributed by atoms with E-state index in [0.29, 0.717) is 24.5 Å². The molecule has 0 aliphatic carbocycles. The summed E-state index contributed by atoms with van der Waals surface area (Å²) in [5, 5.41) is 0. The SMILES string of the molecule is C=CCCC(=O)CC(C)C(C)(C)C. The fourth-order valence-corrected chi connectivity index (χ4v) is 1.01. The van der Waals surface area contributed by atoms with E-state index in [1.54, 1.807) is 6.08 Å². The van der Waals surface area contributed by atoms with Gasteiger partial charge in [-0.05, 0) is 17.8 Å². The first-order valence-electron chi connectivity index (χ1n) is 5.00. The maximum absolute atomic E-state index is 11.4. The number of carbonyl (C=O) groups excluding carboxylic acids is 1. The summed E-state index contributed by atoms with van der Waals surface area (Å²) in [7, 11) is 0. The summed E-state index contributed by atoms with van der Waals surface area (Å²) in [6.07, 6.45) is 3.98. The van der Waals surface area contributed by atoms with Crippen LogP contribution in [0.4, 0.5) is 0 Å². The molecule has 1 heteroatoms. The van der Waals surface area contributed by atoms with E-state index < -0.39 is 0 Å². The van der Waals surface area contributed by atoms with Crippen molar-refractivity contribution in [3.8, 4) is 0 Å². The minimum atomic E-state index is 0.240. The van der Waals surface area contributed by atoms with Crippen molar-refractivity contribution in [2.45, 2.75) is 47.0 Å². The van der Waals surface area contributed by atoms with Gasteiger partial charge in [-0.25, -0.2) is 0 Å². The molecule has 1 atom stereocenters. The molecule has 0 bridgehead atoms. The van der Waals surface area contributed by atoms with Gasteiger partial charge in [-0.15, -0.1) is 6.58 Å². The van der Waals surface area contributed by atoms with Gasteiger partial charge in [-0.2, -0.15) is 0 Å². The van der Waals surface area contributed by atoms with E-state index in [0.717, 1.165) is 6.42 Å². The van der Waals surface area contributed by atoms with Crippen molar-refractivity contribution in [2.24, 2.45) is 11.3 Å². The highest BCUT2D eigenvalue weighted by Crippen LogP contribution is 2.28. The lowest BCUT2D eigenvalue weighted by atomic mass is 9.79. The van der Waals surface area contributed by atoms with Crippen LogP contribution in [-0.2, 0) is 4.79 Å². The lowest BCUT2D eigenvalue weighted by Gasteiger charge is -2.26. The number of carbonyl (C=O) groups is 1. The maximum Gasteiger partial charge on any atom is 0.133 e. The normalized spacial score (nSPS) is 13.8. The molecule has 0 aliphatic rings. The molecule has 0 aromatic carbocycles. The Kier molecular flexibility index (Phi) is 4.97. The maximum atomic E-state index is 11.4. The molecule has 1 unspecified atom stereocenters. The Hall–Kier alpha value is -0.590. The van der Waals surface area contributed by atoms with Crippen LogP contribution in [0, 0.1) is 11.3 Å². The molecule has 0 N–H and O–H groups in total. The minimum Gasteiger partial charge on any atom is -0.300 e. The van der Waals surface area contributed by atoms with E-state index in [9.17, 15) is 4.79 Å². The molecule has 0 spiro atoms. The Morgan fingerprint density at radius 3 is 2.38 bits per heavy atom. The van der Waals surface area contributed by atoms with Gasteiger partial charge in [0.2, 0.25) is 0 Å². The summed E-state index contributed by atoms with van der Waals surface area (Å²) in [5.74, 6) is 0.826. The summed E-state index contributed by atoms with van der Waals surface area (Å²) in [6.45, 7) is 12.3. The van der Waals surface area contributed by atoms with E-state index in [2.05, 4.69) is 34.3 Å². The number of Topliss-reactive ketones (excluding diaryl/α,β-unsaturated/α-hetero) is 1. The molecular weight excluding hydrogens is 160 g/mol. The van der Waals surface area contributed by atoms with Gasteiger partial charge in [-0.3, -0.25) is 4.79 Å². The van der Waals surface area contributed by atoms with Gasteiger partial charge in [-0.1, -0.05) is 33.8 Å². The van der Waals surface area contributed by atoms with Crippen molar-refractivity contribution in [1.82, 2.24) is 0 Å². The Bertz CT molecular complexity index is 174. The largest absolute Gasteiger partial charge is 0.300 e. The molecule has 0 aromatic rings. The zero-order chi connectivity index (χ0) is 10.5. The molecule has 13 heavy (non-hydrogen) atoms. The zero-order valence-corrected chi connectivity index (χ0v) is 9.39. The summed E-state index contributed by atoms with van der Waals surface area (Å²) >= 11 is 0. The molecule has 0 rings (SSSR count). The molecule has 0 radical (unpaired) electrons. The highest BCUT2D eigenvalue weighted by molar-refractivity contribution is 5.78. The monoisotopic (exact) mass is 182 g/mol. The van der Waals surface area contributed by atoms with Crippen molar-refractivity contribution in [3.63, 3.8) is 0 Å². The van der Waals surface area contributed by atoms with Crippen molar-refractivity contribution in [3.05, 3.63) is 12.7 Å². The smallest absolute Gasteiger partial charge is 0.133 e. The van der Waals surface area contributed by atoms with Gasteiger partial charge < -0.3 is 0 Å². The summed E-state index contributed by atoms with van der Waals surface area (Å²) in [6, 6.07) is 0. The molecule has 0 fully saturated rings. The van der Waals surface area contributed by atoms with E-state index in [4.69, 9.17) is 0 Å². The number of rotatable bonds is 5. The highest BCUT2D eigenvalue weighted by Gasteiger charge is 2.21. The predicted octanol–water partition coefficient (Wildman–Crippen LogP) is 3.59. The topological polar surface area (TPSA) is 17.1 Å². The van der Waals surface area contributed by atoms with Gasteiger partial charge in [0.1, 0.15) is 5.78 Å². The third-order valence-electron chi connectivity index (χ3n) is 2.64. The van der Waals surface area contributed by atoms with Gasteiger partial charge in [0, 0.05) is 12.8 Å². The van der Waals surface area contributed by atoms with Crippen LogP contribution in [0.5, 0.6) is 0 Å². The van der Waals surface area contributed by atoms with Crippen molar-refractivity contribution < 1.29 is 4.79 Å². The average Bonchev–Trinajstić information content (AvgIpc) is 1.99. The van der Waals surface area contributed by atoms with Gasteiger partial charge >= 0.3 is 0 Å². The predicted molar refractivity (Wildman–Crippen MR) is 57.7 cm³/mol. The van der Waals surface area contributed by atoms with Crippen LogP contribution in [-0.4, -0.2) is 5.78 Å². The van der Waals surface area contributed by atoms with Crippen molar-refractivity contribution in [2.75, 3.05) is 0 Å². The third-order valence-corrected chi connectivity index (χ3v) is 2.64. The van der Waals surface area contributed by atoms with Gasteiger partial charge in [0.25, 0.3) is 0 Å². The fraction of sp³-hybridized carbons (Fsp3) is 0.750. The lowest BCUT2D eigenvalue weighted by molar-refractivity contribution is -0.120. The summed E-state index contributed by atoms with van der Waals surface area (Å²) in [5.41, 5.74) is 0.240. The minimum absolute atomic E-state index is 0.240. The van der Waals surface area contributed by atoms with Gasteiger partial charge in [0.05, 0.1) is 0 Å². The number of hydrogen-bond donors (Lipinski definition) is 0. The molecule has 0 saturated heterocycles. The van der Waals surface area contributed by atoms with Crippen LogP contribution >= 0.6 is 0 Å². The number of hydrogen-bond acceptors (Lipinski definition) is 1. The van der Waals surface area contributed by atoms with Crippen LogP contribution in [0.3, 0.4) is 0 Å². The highest BCUT2D eigenvalue weighted by atomic mass is 16.1. The number of allylic oxidation sites excluding steroid dienone is 1. The Balaban J connectivity index is 3.85. The first-order chi connectivity index (χ1) is 5.88. The Labute approximate surface area is 82.2 Å². The van der Waals surface area contributed by atoms with Gasteiger partial charge in [0.15, 0.2) is 0 Å². The van der Waals surface area contributed by atoms with Crippen LogP contribution in [0.1, 0.15) is 47.0 Å². The van der Waals surface area contributed by atoms with E-state index in [1.807, 2.05) is 0 Å². The van der Waals surface area contributed by atoms with Crippen molar-refractivity contribution >= 4 is 5.78 Å². The average molecular weight is 182 g/mol. The molecule has 1 nitrogen and oxygen atoms in total. The quantitative estimate of drug-likeness (QED) is 0.594. The zero-order valence-electron chi connectivity index (χ0n) is 9.39. The molecule has 0 saturated carbocycles. The molecule has 0 aliphatic heterocycles. The first kappa shape index (κ1) is 12.4. The van der Waals surface area contributed by atoms with Crippen molar-refractivity contribution in [1.29, 1.82) is 0 Å². The molecular formula is C12H22O. The summed E-state index contributed by atoms with van der Waals surface area (Å²) < 4.78 is 0.